The van der Waals surface area contributed by atoms with E-state index in [-0.39, 0.29) is 12.1 Å². The zero-order chi connectivity index (χ0) is 21.9. The maximum atomic E-state index is 11.8. The molecule has 2 N–H and O–H groups in total. The van der Waals surface area contributed by atoms with E-state index in [2.05, 4.69) is 15.4 Å². The fourth-order valence-corrected chi connectivity index (χ4v) is 4.56. The van der Waals surface area contributed by atoms with Crippen LogP contribution in [-0.2, 0) is 18.3 Å². The minimum Gasteiger partial charge on any atom is -0.478 e. The van der Waals surface area contributed by atoms with Crippen molar-refractivity contribution >= 4 is 35.2 Å². The summed E-state index contributed by atoms with van der Waals surface area (Å²) in [6, 6.07) is 5.18. The first-order valence-corrected chi connectivity index (χ1v) is 10.7. The number of alkyl carbamates (subject to hydrolysis) is 1. The van der Waals surface area contributed by atoms with Crippen LogP contribution in [0.2, 0.25) is 0 Å². The molecule has 0 spiro atoms. The molecule has 30 heavy (non-hydrogen) atoms. The van der Waals surface area contributed by atoms with E-state index < -0.39 is 17.7 Å². The van der Waals surface area contributed by atoms with Crippen LogP contribution in [0.1, 0.15) is 36.1 Å². The molecule has 158 valence electrons. The molecule has 0 aliphatic rings. The molecule has 3 aromatic rings. The highest BCUT2D eigenvalue weighted by molar-refractivity contribution is 8.01. The third kappa shape index (κ3) is 6.07. The second kappa shape index (κ2) is 8.88. The average Bonchev–Trinajstić information content (AvgIpc) is 3.27. The number of carbonyl (C=O) groups excluding carboxylic acids is 1. The number of ether oxygens (including phenoxy) is 1. The van der Waals surface area contributed by atoms with E-state index in [1.165, 1.54) is 23.1 Å². The van der Waals surface area contributed by atoms with Crippen LogP contribution in [0.4, 0.5) is 4.79 Å². The molecule has 0 atom stereocenters. The number of nitrogens with one attached hydrogen (secondary N) is 1. The zero-order valence-electron chi connectivity index (χ0n) is 17.0. The lowest BCUT2D eigenvalue weighted by molar-refractivity contribution is 0.0523. The fraction of sp³-hybridized carbons (Fsp3) is 0.300. The summed E-state index contributed by atoms with van der Waals surface area (Å²) >= 11 is 2.85. The molecule has 0 saturated heterocycles. The minimum atomic E-state index is -0.992. The molecule has 0 aliphatic heterocycles. The Morgan fingerprint density at radius 3 is 2.63 bits per heavy atom. The van der Waals surface area contributed by atoms with Crippen molar-refractivity contribution in [3.8, 4) is 11.1 Å². The summed E-state index contributed by atoms with van der Waals surface area (Å²) < 4.78 is 7.77. The van der Waals surface area contributed by atoms with E-state index in [0.29, 0.717) is 0 Å². The summed E-state index contributed by atoms with van der Waals surface area (Å²) in [5.74, 6) is -0.992. The highest BCUT2D eigenvalue weighted by Gasteiger charge is 2.16. The van der Waals surface area contributed by atoms with Gasteiger partial charge in [-0.05, 0) is 44.5 Å². The van der Waals surface area contributed by atoms with Gasteiger partial charge in [0.1, 0.15) is 10.6 Å². The van der Waals surface area contributed by atoms with Crippen molar-refractivity contribution in [2.24, 2.45) is 7.05 Å². The number of hydrogen-bond donors (Lipinski definition) is 2. The lowest BCUT2D eigenvalue weighted by Gasteiger charge is -2.19. The molecule has 8 nitrogen and oxygen atoms in total. The molecule has 2 heterocycles. The summed E-state index contributed by atoms with van der Waals surface area (Å²) in [7, 11) is 1.81. The van der Waals surface area contributed by atoms with Crippen LogP contribution < -0.4 is 5.32 Å². The quantitative estimate of drug-likeness (QED) is 0.577. The Morgan fingerprint density at radius 2 is 2.00 bits per heavy atom. The number of aryl methyl sites for hydroxylation is 1. The number of aromatic carboxylic acids is 1. The standard InChI is InChI=1S/C20H22N4O4S2/c1-20(2,3)28-19(27)22-9-16-21-10-17(30-16)29-15-6-12(5-13(7-15)18(25)26)14-8-23-24(4)11-14/h5-8,10-11H,9H2,1-4H3,(H,22,27)(H,25,26). The van der Waals surface area contributed by atoms with E-state index in [4.69, 9.17) is 4.74 Å². The largest absolute Gasteiger partial charge is 0.478 e. The number of carbonyl (C=O) groups is 2. The summed E-state index contributed by atoms with van der Waals surface area (Å²) in [6.45, 7) is 5.66. The Balaban J connectivity index is 1.73. The predicted octanol–water partition coefficient (Wildman–Crippen LogP) is 4.42. The molecule has 1 aromatic carbocycles. The number of rotatable bonds is 6. The van der Waals surface area contributed by atoms with E-state index in [1.54, 1.807) is 50.0 Å². The van der Waals surface area contributed by atoms with E-state index >= 15 is 0 Å². The Morgan fingerprint density at radius 1 is 1.23 bits per heavy atom. The van der Waals surface area contributed by atoms with Crippen LogP contribution in [0.5, 0.6) is 0 Å². The van der Waals surface area contributed by atoms with Gasteiger partial charge in [0.15, 0.2) is 0 Å². The van der Waals surface area contributed by atoms with Crippen LogP contribution in [0, 0.1) is 0 Å². The molecule has 0 radical (unpaired) electrons. The smallest absolute Gasteiger partial charge is 0.408 e. The molecule has 0 unspecified atom stereocenters. The van der Waals surface area contributed by atoms with E-state index in [1.807, 2.05) is 19.3 Å². The van der Waals surface area contributed by atoms with Crippen molar-refractivity contribution in [2.75, 3.05) is 0 Å². The first kappa shape index (κ1) is 21.8. The van der Waals surface area contributed by atoms with Gasteiger partial charge in [0.2, 0.25) is 0 Å². The normalized spacial score (nSPS) is 11.3. The van der Waals surface area contributed by atoms with Crippen molar-refractivity contribution < 1.29 is 19.4 Å². The highest BCUT2D eigenvalue weighted by Crippen LogP contribution is 2.35. The maximum absolute atomic E-state index is 11.8. The number of carboxylic acids is 1. The topological polar surface area (TPSA) is 106 Å². The van der Waals surface area contributed by atoms with Gasteiger partial charge >= 0.3 is 12.1 Å². The van der Waals surface area contributed by atoms with Gasteiger partial charge in [-0.15, -0.1) is 11.3 Å². The van der Waals surface area contributed by atoms with Crippen LogP contribution in [0.15, 0.2) is 45.9 Å². The lowest BCUT2D eigenvalue weighted by Crippen LogP contribution is -2.32. The van der Waals surface area contributed by atoms with Gasteiger partial charge in [0.05, 0.1) is 28.7 Å². The number of thiazole rings is 1. The number of nitrogens with zero attached hydrogens (tertiary/aromatic N) is 3. The molecule has 0 fully saturated rings. The number of hydrogen-bond acceptors (Lipinski definition) is 7. The zero-order valence-corrected chi connectivity index (χ0v) is 18.6. The Kier molecular flexibility index (Phi) is 6.47. The minimum absolute atomic E-state index is 0.204. The maximum Gasteiger partial charge on any atom is 0.408 e. The lowest BCUT2D eigenvalue weighted by atomic mass is 10.1. The first-order chi connectivity index (χ1) is 14.1. The number of carboxylic acid groups (broad SMARTS) is 1. The summed E-state index contributed by atoms with van der Waals surface area (Å²) in [5, 5.41) is 17.0. The van der Waals surface area contributed by atoms with Gasteiger partial charge in [-0.1, -0.05) is 11.8 Å². The number of amides is 1. The van der Waals surface area contributed by atoms with Crippen LogP contribution in [-0.4, -0.2) is 37.5 Å². The van der Waals surface area contributed by atoms with Crippen molar-refractivity contribution in [3.63, 3.8) is 0 Å². The SMILES string of the molecule is Cn1cc(-c2cc(Sc3cnc(CNC(=O)OC(C)(C)C)s3)cc(C(=O)O)c2)cn1. The van der Waals surface area contributed by atoms with E-state index in [9.17, 15) is 14.7 Å². The van der Waals surface area contributed by atoms with Gasteiger partial charge < -0.3 is 15.2 Å². The Labute approximate surface area is 182 Å². The van der Waals surface area contributed by atoms with Gasteiger partial charge in [-0.2, -0.15) is 5.10 Å². The average molecular weight is 447 g/mol. The van der Waals surface area contributed by atoms with Crippen LogP contribution in [0.3, 0.4) is 0 Å². The molecule has 10 heteroatoms. The molecule has 1 amide bonds. The summed E-state index contributed by atoms with van der Waals surface area (Å²) in [4.78, 5) is 28.4. The summed E-state index contributed by atoms with van der Waals surface area (Å²) in [5.41, 5.74) is 1.26. The summed E-state index contributed by atoms with van der Waals surface area (Å²) in [6.07, 6.45) is 4.74. The fourth-order valence-electron chi connectivity index (χ4n) is 2.52. The number of aromatic nitrogens is 3. The molecule has 0 bridgehead atoms. The van der Waals surface area contributed by atoms with Gasteiger partial charge in [-0.3, -0.25) is 4.68 Å². The van der Waals surface area contributed by atoms with Crippen molar-refractivity contribution in [3.05, 3.63) is 47.4 Å². The molecule has 0 saturated carbocycles. The molecular formula is C20H22N4O4S2. The van der Waals surface area contributed by atoms with Crippen molar-refractivity contribution in [1.82, 2.24) is 20.1 Å². The van der Waals surface area contributed by atoms with E-state index in [0.717, 1.165) is 25.2 Å². The van der Waals surface area contributed by atoms with Crippen molar-refractivity contribution in [1.29, 1.82) is 0 Å². The van der Waals surface area contributed by atoms with Gasteiger partial charge in [0, 0.05) is 23.7 Å². The number of benzene rings is 1. The van der Waals surface area contributed by atoms with Crippen molar-refractivity contribution in [2.45, 2.75) is 42.0 Å². The third-order valence-corrected chi connectivity index (χ3v) is 5.80. The first-order valence-electron chi connectivity index (χ1n) is 9.06. The monoisotopic (exact) mass is 446 g/mol. The Bertz CT molecular complexity index is 1070. The predicted molar refractivity (Wildman–Crippen MR) is 115 cm³/mol. The van der Waals surface area contributed by atoms with Gasteiger partial charge in [-0.25, -0.2) is 14.6 Å². The second-order valence-electron chi connectivity index (χ2n) is 7.48. The highest BCUT2D eigenvalue weighted by atomic mass is 32.2. The van der Waals surface area contributed by atoms with Gasteiger partial charge in [0.25, 0.3) is 0 Å². The van der Waals surface area contributed by atoms with Crippen LogP contribution in [0.25, 0.3) is 11.1 Å². The molecule has 0 aliphatic carbocycles. The molecule has 2 aromatic heterocycles. The second-order valence-corrected chi connectivity index (χ2v) is 9.97. The third-order valence-electron chi connectivity index (χ3n) is 3.73. The van der Waals surface area contributed by atoms with Crippen LogP contribution >= 0.6 is 23.1 Å². The Hall–Kier alpha value is -2.85. The molecule has 3 rings (SSSR count). The molecular weight excluding hydrogens is 424 g/mol.